The number of carbonyl (C=O) groups is 1. The van der Waals surface area contributed by atoms with Gasteiger partial charge in [-0.15, -0.1) is 0 Å². The summed E-state index contributed by atoms with van der Waals surface area (Å²) in [5, 5.41) is 9.57. The summed E-state index contributed by atoms with van der Waals surface area (Å²) in [6.07, 6.45) is 7.31. The summed E-state index contributed by atoms with van der Waals surface area (Å²) in [4.78, 5) is 13.9. The number of piperidine rings is 1. The van der Waals surface area contributed by atoms with Gasteiger partial charge in [0.15, 0.2) is 0 Å². The van der Waals surface area contributed by atoms with Gasteiger partial charge in [-0.25, -0.2) is 0 Å². The number of β-amino-alcohol motifs (C(OH)–C–C–N with tert-alkyl or cyclic N) is 1. The second-order valence-electron chi connectivity index (χ2n) is 5.74. The molecule has 98 valence electrons. The highest BCUT2D eigenvalue weighted by Gasteiger charge is 2.32. The average Bonchev–Trinajstić information content (AvgIpc) is 2.29. The minimum atomic E-state index is -0.340. The molecule has 2 rings (SSSR count). The van der Waals surface area contributed by atoms with Crippen molar-refractivity contribution in [1.29, 1.82) is 0 Å². The molecule has 1 atom stereocenters. The van der Waals surface area contributed by atoms with Crippen LogP contribution in [0.2, 0.25) is 0 Å². The van der Waals surface area contributed by atoms with E-state index in [1.54, 1.807) is 4.90 Å². The van der Waals surface area contributed by atoms with Crippen LogP contribution in [0.15, 0.2) is 0 Å². The first kappa shape index (κ1) is 12.8. The van der Waals surface area contributed by atoms with Crippen LogP contribution in [0, 0.1) is 0 Å². The van der Waals surface area contributed by atoms with E-state index in [4.69, 9.17) is 5.73 Å². The molecule has 0 spiro atoms. The summed E-state index contributed by atoms with van der Waals surface area (Å²) in [6.45, 7) is 1.28. The van der Waals surface area contributed by atoms with Gasteiger partial charge in [-0.05, 0) is 25.7 Å². The number of hydrogen-bond donors (Lipinski definition) is 2. The van der Waals surface area contributed by atoms with Crippen molar-refractivity contribution in [3.05, 3.63) is 0 Å². The van der Waals surface area contributed by atoms with E-state index in [-0.39, 0.29) is 17.6 Å². The zero-order chi connectivity index (χ0) is 12.3. The topological polar surface area (TPSA) is 66.6 Å². The van der Waals surface area contributed by atoms with Gasteiger partial charge in [0, 0.05) is 25.0 Å². The third-order valence-corrected chi connectivity index (χ3v) is 4.10. The molecule has 1 aliphatic carbocycles. The Balaban J connectivity index is 1.87. The Bertz CT molecular complexity index is 275. The van der Waals surface area contributed by atoms with Crippen molar-refractivity contribution in [3.63, 3.8) is 0 Å². The molecule has 3 N–H and O–H groups in total. The molecule has 0 radical (unpaired) electrons. The Kier molecular flexibility index (Phi) is 4.05. The lowest BCUT2D eigenvalue weighted by Gasteiger charge is -2.36. The number of amides is 1. The van der Waals surface area contributed by atoms with Crippen LogP contribution in [-0.4, -0.2) is 40.6 Å². The molecule has 1 saturated carbocycles. The Morgan fingerprint density at radius 3 is 2.65 bits per heavy atom. The first-order valence-electron chi connectivity index (χ1n) is 6.84. The van der Waals surface area contributed by atoms with E-state index in [1.165, 1.54) is 6.42 Å². The number of rotatable bonds is 2. The van der Waals surface area contributed by atoms with Gasteiger partial charge < -0.3 is 15.7 Å². The molecule has 17 heavy (non-hydrogen) atoms. The van der Waals surface area contributed by atoms with Crippen LogP contribution in [-0.2, 0) is 4.79 Å². The first-order chi connectivity index (χ1) is 8.09. The second kappa shape index (κ2) is 5.36. The largest absolute Gasteiger partial charge is 0.391 e. The van der Waals surface area contributed by atoms with Crippen LogP contribution in [0.4, 0.5) is 0 Å². The van der Waals surface area contributed by atoms with Gasteiger partial charge in [0.25, 0.3) is 0 Å². The summed E-state index contributed by atoms with van der Waals surface area (Å²) in [7, 11) is 0. The molecule has 1 aliphatic heterocycles. The van der Waals surface area contributed by atoms with Gasteiger partial charge >= 0.3 is 0 Å². The third kappa shape index (κ3) is 3.42. The van der Waals surface area contributed by atoms with E-state index >= 15 is 0 Å². The molecule has 4 nitrogen and oxygen atoms in total. The van der Waals surface area contributed by atoms with Crippen LogP contribution in [0.5, 0.6) is 0 Å². The lowest BCUT2D eigenvalue weighted by atomic mass is 9.80. The fourth-order valence-electron chi connectivity index (χ4n) is 3.03. The van der Waals surface area contributed by atoms with Crippen molar-refractivity contribution in [2.75, 3.05) is 13.1 Å². The van der Waals surface area contributed by atoms with Crippen LogP contribution in [0.25, 0.3) is 0 Å². The van der Waals surface area contributed by atoms with Gasteiger partial charge in [0.2, 0.25) is 5.91 Å². The van der Waals surface area contributed by atoms with E-state index in [9.17, 15) is 9.90 Å². The van der Waals surface area contributed by atoms with E-state index in [2.05, 4.69) is 0 Å². The minimum Gasteiger partial charge on any atom is -0.391 e. The van der Waals surface area contributed by atoms with E-state index in [0.29, 0.717) is 13.0 Å². The molecule has 0 aromatic rings. The highest BCUT2D eigenvalue weighted by atomic mass is 16.3. The third-order valence-electron chi connectivity index (χ3n) is 4.10. The Labute approximate surface area is 103 Å². The van der Waals surface area contributed by atoms with Gasteiger partial charge in [0.05, 0.1) is 6.10 Å². The van der Waals surface area contributed by atoms with Crippen LogP contribution in [0.1, 0.15) is 51.4 Å². The molecular formula is C13H24N2O2. The van der Waals surface area contributed by atoms with Crippen LogP contribution in [0.3, 0.4) is 0 Å². The molecule has 1 unspecified atom stereocenters. The molecule has 0 aromatic heterocycles. The quantitative estimate of drug-likeness (QED) is 0.757. The molecule has 0 aromatic carbocycles. The first-order valence-corrected chi connectivity index (χ1v) is 6.84. The number of nitrogens with two attached hydrogens (primary N) is 1. The fourth-order valence-corrected chi connectivity index (χ4v) is 3.03. The van der Waals surface area contributed by atoms with E-state index in [1.807, 2.05) is 0 Å². The lowest BCUT2D eigenvalue weighted by Crippen LogP contribution is -2.49. The Morgan fingerprint density at radius 2 is 2.00 bits per heavy atom. The summed E-state index contributed by atoms with van der Waals surface area (Å²) >= 11 is 0. The van der Waals surface area contributed by atoms with Gasteiger partial charge in [-0.2, -0.15) is 0 Å². The van der Waals surface area contributed by atoms with E-state index in [0.717, 1.165) is 45.1 Å². The molecule has 0 bridgehead atoms. The van der Waals surface area contributed by atoms with Crippen LogP contribution < -0.4 is 5.73 Å². The van der Waals surface area contributed by atoms with Crippen molar-refractivity contribution in [2.45, 2.75) is 63.0 Å². The maximum absolute atomic E-state index is 12.2. The predicted octanol–water partition coefficient (Wildman–Crippen LogP) is 1.02. The molecule has 2 fully saturated rings. The SMILES string of the molecule is NC1(CC(=O)N2CCCC(O)C2)CCCCC1. The number of aliphatic hydroxyl groups is 1. The molecule has 1 heterocycles. The number of carbonyl (C=O) groups excluding carboxylic acids is 1. The zero-order valence-electron chi connectivity index (χ0n) is 10.5. The smallest absolute Gasteiger partial charge is 0.224 e. The summed E-state index contributed by atoms with van der Waals surface area (Å²) in [5.74, 6) is 0.133. The Hall–Kier alpha value is -0.610. The van der Waals surface area contributed by atoms with Crippen molar-refractivity contribution < 1.29 is 9.90 Å². The van der Waals surface area contributed by atoms with Gasteiger partial charge in [0.1, 0.15) is 0 Å². The lowest BCUT2D eigenvalue weighted by molar-refractivity contribution is -0.135. The molecule has 2 aliphatic rings. The van der Waals surface area contributed by atoms with Crippen LogP contribution >= 0.6 is 0 Å². The molecule has 4 heteroatoms. The normalized spacial score (nSPS) is 29.1. The number of hydrogen-bond acceptors (Lipinski definition) is 3. The number of likely N-dealkylation sites (tertiary alicyclic amines) is 1. The summed E-state index contributed by atoms with van der Waals surface area (Å²) in [6, 6.07) is 0. The maximum Gasteiger partial charge on any atom is 0.224 e. The summed E-state index contributed by atoms with van der Waals surface area (Å²) in [5.41, 5.74) is 6.01. The highest BCUT2D eigenvalue weighted by molar-refractivity contribution is 5.77. The zero-order valence-corrected chi connectivity index (χ0v) is 10.5. The molecule has 1 amide bonds. The number of aliphatic hydroxyl groups excluding tert-OH is 1. The monoisotopic (exact) mass is 240 g/mol. The average molecular weight is 240 g/mol. The maximum atomic E-state index is 12.2. The number of nitrogens with zero attached hydrogens (tertiary/aromatic N) is 1. The van der Waals surface area contributed by atoms with Crippen molar-refractivity contribution in [3.8, 4) is 0 Å². The standard InChI is InChI=1S/C13H24N2O2/c14-13(6-2-1-3-7-13)9-12(17)15-8-4-5-11(16)10-15/h11,16H,1-10,14H2. The Morgan fingerprint density at radius 1 is 1.29 bits per heavy atom. The van der Waals surface area contributed by atoms with Crippen molar-refractivity contribution in [2.24, 2.45) is 5.73 Å². The molecule has 1 saturated heterocycles. The van der Waals surface area contributed by atoms with Crippen molar-refractivity contribution in [1.82, 2.24) is 4.90 Å². The van der Waals surface area contributed by atoms with Gasteiger partial charge in [-0.3, -0.25) is 4.79 Å². The molecular weight excluding hydrogens is 216 g/mol. The minimum absolute atomic E-state index is 0.133. The second-order valence-corrected chi connectivity index (χ2v) is 5.74. The summed E-state index contributed by atoms with van der Waals surface area (Å²) < 4.78 is 0. The fraction of sp³-hybridized carbons (Fsp3) is 0.923. The van der Waals surface area contributed by atoms with Gasteiger partial charge in [-0.1, -0.05) is 19.3 Å². The predicted molar refractivity (Wildman–Crippen MR) is 66.4 cm³/mol. The van der Waals surface area contributed by atoms with E-state index < -0.39 is 0 Å². The highest BCUT2D eigenvalue weighted by Crippen LogP contribution is 2.29. The van der Waals surface area contributed by atoms with Crippen molar-refractivity contribution >= 4 is 5.91 Å².